The van der Waals surface area contributed by atoms with E-state index in [1.54, 1.807) is 0 Å². The standard InChI is InChI=1S/C14H11N2/c1-9-2-3-10-4-5-11-6-15-8-16-7-12(9)13(10)14(11)16/h2-6,8H,7H2,1H3/q+1. The third-order valence-electron chi connectivity index (χ3n) is 3.57. The van der Waals surface area contributed by atoms with Gasteiger partial charge in [0.25, 0.3) is 6.33 Å². The highest BCUT2D eigenvalue weighted by atomic mass is 15.0. The van der Waals surface area contributed by atoms with E-state index < -0.39 is 0 Å². The molecule has 0 radical (unpaired) electrons. The minimum atomic E-state index is 0.965. The Morgan fingerprint density at radius 2 is 1.94 bits per heavy atom. The van der Waals surface area contributed by atoms with Crippen LogP contribution in [0.25, 0.3) is 21.7 Å². The summed E-state index contributed by atoms with van der Waals surface area (Å²) in [4.78, 5) is 4.28. The van der Waals surface area contributed by atoms with Crippen molar-refractivity contribution in [1.82, 2.24) is 4.98 Å². The SMILES string of the molecule is Cc1ccc2ccc3cnc[n+]4c3c2c1C4. The van der Waals surface area contributed by atoms with Crippen molar-refractivity contribution in [3.8, 4) is 0 Å². The zero-order valence-corrected chi connectivity index (χ0v) is 9.07. The van der Waals surface area contributed by atoms with Gasteiger partial charge in [-0.15, -0.1) is 0 Å². The highest BCUT2D eigenvalue weighted by Gasteiger charge is 2.22. The summed E-state index contributed by atoms with van der Waals surface area (Å²) in [6.45, 7) is 3.15. The van der Waals surface area contributed by atoms with E-state index in [2.05, 4.69) is 40.7 Å². The van der Waals surface area contributed by atoms with Crippen LogP contribution >= 0.6 is 0 Å². The second kappa shape index (κ2) is 2.59. The lowest BCUT2D eigenvalue weighted by Gasteiger charge is -2.01. The van der Waals surface area contributed by atoms with E-state index in [0.717, 1.165) is 6.54 Å². The van der Waals surface area contributed by atoms with Crippen LogP contribution in [0.1, 0.15) is 11.1 Å². The van der Waals surface area contributed by atoms with Crippen molar-refractivity contribution in [2.45, 2.75) is 13.5 Å². The first kappa shape index (κ1) is 8.22. The Hall–Kier alpha value is -1.96. The van der Waals surface area contributed by atoms with E-state index in [1.165, 1.54) is 32.8 Å². The Kier molecular flexibility index (Phi) is 1.33. The fourth-order valence-corrected chi connectivity index (χ4v) is 2.75. The van der Waals surface area contributed by atoms with E-state index in [4.69, 9.17) is 0 Å². The second-order valence-corrected chi connectivity index (χ2v) is 4.48. The molecule has 2 nitrogen and oxygen atoms in total. The average Bonchev–Trinajstić information content (AvgIpc) is 2.70. The van der Waals surface area contributed by atoms with Crippen LogP contribution in [0, 0.1) is 6.92 Å². The summed E-state index contributed by atoms with van der Waals surface area (Å²) < 4.78 is 2.25. The Bertz CT molecular complexity index is 744. The molecule has 0 unspecified atom stereocenters. The molecule has 1 aromatic heterocycles. The van der Waals surface area contributed by atoms with Crippen LogP contribution in [0.5, 0.6) is 0 Å². The van der Waals surface area contributed by atoms with E-state index in [0.29, 0.717) is 0 Å². The molecule has 0 N–H and O–H groups in total. The molecule has 0 amide bonds. The highest BCUT2D eigenvalue weighted by molar-refractivity contribution is 6.06. The van der Waals surface area contributed by atoms with Crippen LogP contribution in [0.15, 0.2) is 36.8 Å². The van der Waals surface area contributed by atoms with E-state index in [9.17, 15) is 0 Å². The molecule has 0 bridgehead atoms. The molecule has 0 atom stereocenters. The van der Waals surface area contributed by atoms with Crippen molar-refractivity contribution >= 4 is 21.7 Å². The van der Waals surface area contributed by atoms with Gasteiger partial charge in [-0.3, -0.25) is 0 Å². The van der Waals surface area contributed by atoms with Gasteiger partial charge in [-0.05, 0) is 23.9 Å². The number of nitrogens with zero attached hydrogens (tertiary/aromatic N) is 2. The summed E-state index contributed by atoms with van der Waals surface area (Å²) in [5.41, 5.74) is 4.17. The second-order valence-electron chi connectivity index (χ2n) is 4.48. The van der Waals surface area contributed by atoms with Gasteiger partial charge in [0.2, 0.25) is 0 Å². The Labute approximate surface area is 93.2 Å². The molecule has 3 aromatic rings. The first-order valence-electron chi connectivity index (χ1n) is 5.53. The number of aromatic nitrogens is 2. The van der Waals surface area contributed by atoms with Crippen LogP contribution in [-0.2, 0) is 6.54 Å². The number of rotatable bonds is 0. The van der Waals surface area contributed by atoms with Crippen molar-refractivity contribution in [3.05, 3.63) is 47.9 Å². The molecule has 2 aromatic carbocycles. The Balaban J connectivity index is 2.39. The first-order valence-corrected chi connectivity index (χ1v) is 5.53. The van der Waals surface area contributed by atoms with Crippen molar-refractivity contribution in [1.29, 1.82) is 0 Å². The van der Waals surface area contributed by atoms with Crippen molar-refractivity contribution < 1.29 is 4.57 Å². The Morgan fingerprint density at radius 1 is 1.12 bits per heavy atom. The summed E-state index contributed by atoms with van der Waals surface area (Å²) >= 11 is 0. The third kappa shape index (κ3) is 0.830. The summed E-state index contributed by atoms with van der Waals surface area (Å²) in [6.07, 6.45) is 3.88. The number of hydrogen-bond donors (Lipinski definition) is 0. The number of hydrogen-bond acceptors (Lipinski definition) is 1. The summed E-state index contributed by atoms with van der Waals surface area (Å²) in [5.74, 6) is 0. The van der Waals surface area contributed by atoms with Gasteiger partial charge in [0.15, 0.2) is 6.20 Å². The molecule has 4 rings (SSSR count). The van der Waals surface area contributed by atoms with Crippen LogP contribution in [0.2, 0.25) is 0 Å². The summed E-state index contributed by atoms with van der Waals surface area (Å²) in [5, 5.41) is 3.99. The molecule has 2 heteroatoms. The van der Waals surface area contributed by atoms with Gasteiger partial charge >= 0.3 is 0 Å². The van der Waals surface area contributed by atoms with Crippen molar-refractivity contribution in [2.75, 3.05) is 0 Å². The van der Waals surface area contributed by atoms with E-state index in [-0.39, 0.29) is 0 Å². The van der Waals surface area contributed by atoms with Gasteiger partial charge < -0.3 is 0 Å². The third-order valence-corrected chi connectivity index (χ3v) is 3.57. The molecular weight excluding hydrogens is 196 g/mol. The molecule has 0 fully saturated rings. The highest BCUT2D eigenvalue weighted by Crippen LogP contribution is 2.31. The van der Waals surface area contributed by atoms with Crippen molar-refractivity contribution in [2.24, 2.45) is 0 Å². The smallest absolute Gasteiger partial charge is 0.225 e. The average molecular weight is 207 g/mol. The molecule has 0 saturated carbocycles. The maximum absolute atomic E-state index is 4.28. The minimum Gasteiger partial charge on any atom is -0.225 e. The largest absolute Gasteiger partial charge is 0.286 e. The monoisotopic (exact) mass is 207 g/mol. The number of benzene rings is 2. The minimum absolute atomic E-state index is 0.965. The molecule has 0 spiro atoms. The van der Waals surface area contributed by atoms with Gasteiger partial charge in [0, 0.05) is 10.9 Å². The van der Waals surface area contributed by atoms with E-state index in [1.807, 2.05) is 12.5 Å². The van der Waals surface area contributed by atoms with Crippen LogP contribution in [0.4, 0.5) is 0 Å². The fourth-order valence-electron chi connectivity index (χ4n) is 2.75. The topological polar surface area (TPSA) is 16.8 Å². The van der Waals surface area contributed by atoms with Gasteiger partial charge in [0.05, 0.1) is 5.39 Å². The lowest BCUT2D eigenvalue weighted by atomic mass is 10.0. The predicted octanol–water partition coefficient (Wildman–Crippen LogP) is 2.35. The molecule has 1 aliphatic rings. The van der Waals surface area contributed by atoms with Gasteiger partial charge in [-0.25, -0.2) is 4.57 Å². The molecule has 0 aliphatic carbocycles. The molecule has 16 heavy (non-hydrogen) atoms. The van der Waals surface area contributed by atoms with Crippen LogP contribution < -0.4 is 4.57 Å². The van der Waals surface area contributed by atoms with Crippen LogP contribution in [0.3, 0.4) is 0 Å². The van der Waals surface area contributed by atoms with Crippen LogP contribution in [-0.4, -0.2) is 4.98 Å². The maximum atomic E-state index is 4.28. The summed E-state index contributed by atoms with van der Waals surface area (Å²) in [6, 6.07) is 8.77. The zero-order chi connectivity index (χ0) is 10.7. The predicted molar refractivity (Wildman–Crippen MR) is 63.3 cm³/mol. The molecule has 76 valence electrons. The van der Waals surface area contributed by atoms with Gasteiger partial charge in [0.1, 0.15) is 12.1 Å². The zero-order valence-electron chi connectivity index (χ0n) is 9.07. The normalized spacial score (nSPS) is 13.1. The lowest BCUT2D eigenvalue weighted by molar-refractivity contribution is -0.660. The molecule has 1 aliphatic heterocycles. The molecular formula is C14H11N2+. The van der Waals surface area contributed by atoms with Crippen molar-refractivity contribution in [3.63, 3.8) is 0 Å². The Morgan fingerprint density at radius 3 is 2.88 bits per heavy atom. The molecule has 2 heterocycles. The van der Waals surface area contributed by atoms with Gasteiger partial charge in [-0.2, -0.15) is 0 Å². The first-order chi connectivity index (χ1) is 7.84. The quantitative estimate of drug-likeness (QED) is 0.319. The van der Waals surface area contributed by atoms with Gasteiger partial charge in [-0.1, -0.05) is 23.2 Å². The summed E-state index contributed by atoms with van der Waals surface area (Å²) in [7, 11) is 0. The fraction of sp³-hybridized carbons (Fsp3) is 0.143. The molecule has 0 saturated heterocycles. The maximum Gasteiger partial charge on any atom is 0.286 e. The number of aryl methyl sites for hydroxylation is 1. The lowest BCUT2D eigenvalue weighted by Crippen LogP contribution is -2.31. The van der Waals surface area contributed by atoms with E-state index >= 15 is 0 Å².